The first-order valence-electron chi connectivity index (χ1n) is 10.0. The molecule has 0 N–H and O–H groups in total. The topological polar surface area (TPSA) is 117 Å². The van der Waals surface area contributed by atoms with E-state index in [2.05, 4.69) is 0 Å². The Hall–Kier alpha value is -3.64. The number of esters is 1. The van der Waals surface area contributed by atoms with Crippen LogP contribution in [0.3, 0.4) is 0 Å². The Morgan fingerprint density at radius 3 is 2.62 bits per heavy atom. The Bertz CT molecular complexity index is 1060. The highest BCUT2D eigenvalue weighted by molar-refractivity contribution is 6.30. The number of nitro groups is 1. The first-order chi connectivity index (χ1) is 15.4. The van der Waals surface area contributed by atoms with Crippen molar-refractivity contribution in [1.29, 1.82) is 5.26 Å². The summed E-state index contributed by atoms with van der Waals surface area (Å²) in [6.45, 7) is 0.976. The molecule has 0 bridgehead atoms. The lowest BCUT2D eigenvalue weighted by molar-refractivity contribution is -0.384. The quantitative estimate of drug-likeness (QED) is 0.335. The van der Waals surface area contributed by atoms with E-state index in [1.54, 1.807) is 24.3 Å². The average Bonchev–Trinajstić information content (AvgIpc) is 3.32. The van der Waals surface area contributed by atoms with Crippen LogP contribution in [0.4, 0.5) is 17.1 Å². The predicted octanol–water partition coefficient (Wildman–Crippen LogP) is 3.95. The summed E-state index contributed by atoms with van der Waals surface area (Å²) in [7, 11) is 0. The van der Waals surface area contributed by atoms with E-state index in [1.807, 2.05) is 11.0 Å². The van der Waals surface area contributed by atoms with Crippen molar-refractivity contribution in [1.82, 2.24) is 0 Å². The van der Waals surface area contributed by atoms with Crippen LogP contribution in [-0.2, 0) is 9.53 Å². The van der Waals surface area contributed by atoms with Crippen LogP contribution >= 0.6 is 11.6 Å². The predicted molar refractivity (Wildman–Crippen MR) is 119 cm³/mol. The van der Waals surface area contributed by atoms with Crippen LogP contribution in [0.1, 0.15) is 29.6 Å². The highest BCUT2D eigenvalue weighted by Gasteiger charge is 2.25. The molecule has 0 aromatic heterocycles. The number of amides is 1. The summed E-state index contributed by atoms with van der Waals surface area (Å²) in [5.41, 5.74) is 0.824. The van der Waals surface area contributed by atoms with Gasteiger partial charge in [-0.25, -0.2) is 4.79 Å². The number of ether oxygens (including phenoxy) is 1. The molecule has 32 heavy (non-hydrogen) atoms. The van der Waals surface area contributed by atoms with Crippen molar-refractivity contribution in [2.45, 2.75) is 19.3 Å². The van der Waals surface area contributed by atoms with Crippen LogP contribution in [0.2, 0.25) is 5.02 Å². The van der Waals surface area contributed by atoms with E-state index in [4.69, 9.17) is 21.6 Å². The van der Waals surface area contributed by atoms with E-state index in [1.165, 1.54) is 23.1 Å². The Morgan fingerprint density at radius 1 is 1.22 bits per heavy atom. The molecular weight excluding hydrogens is 436 g/mol. The van der Waals surface area contributed by atoms with E-state index in [0.717, 1.165) is 25.9 Å². The highest BCUT2D eigenvalue weighted by atomic mass is 35.5. The van der Waals surface area contributed by atoms with Gasteiger partial charge in [-0.2, -0.15) is 5.26 Å². The summed E-state index contributed by atoms with van der Waals surface area (Å²) in [5, 5.41) is 20.5. The number of anilines is 2. The lowest BCUT2D eigenvalue weighted by Gasteiger charge is -2.23. The summed E-state index contributed by atoms with van der Waals surface area (Å²) in [4.78, 5) is 39.5. The molecule has 1 saturated heterocycles. The second-order valence-electron chi connectivity index (χ2n) is 7.16. The minimum Gasteiger partial charge on any atom is -0.452 e. The minimum atomic E-state index is -0.824. The van der Waals surface area contributed by atoms with Crippen LogP contribution in [0.5, 0.6) is 0 Å². The van der Waals surface area contributed by atoms with Crippen molar-refractivity contribution in [2.24, 2.45) is 0 Å². The molecular formula is C22H21ClN4O5. The third kappa shape index (κ3) is 5.53. The summed E-state index contributed by atoms with van der Waals surface area (Å²) in [6, 6.07) is 12.6. The van der Waals surface area contributed by atoms with E-state index < -0.39 is 23.4 Å². The monoisotopic (exact) mass is 456 g/mol. The Labute approximate surface area is 189 Å². The zero-order chi connectivity index (χ0) is 23.1. The maximum Gasteiger partial charge on any atom is 0.341 e. The fraction of sp³-hybridized carbons (Fsp3) is 0.318. The largest absolute Gasteiger partial charge is 0.452 e. The van der Waals surface area contributed by atoms with Gasteiger partial charge < -0.3 is 14.5 Å². The molecule has 1 aliphatic heterocycles. The molecule has 2 aromatic rings. The Kier molecular flexibility index (Phi) is 7.63. The first kappa shape index (κ1) is 23.0. The minimum absolute atomic E-state index is 0.0419. The van der Waals surface area contributed by atoms with Crippen LogP contribution < -0.4 is 9.80 Å². The lowest BCUT2D eigenvalue weighted by atomic mass is 10.1. The molecule has 1 heterocycles. The van der Waals surface area contributed by atoms with E-state index >= 15 is 0 Å². The van der Waals surface area contributed by atoms with E-state index in [9.17, 15) is 19.7 Å². The Morgan fingerprint density at radius 2 is 1.97 bits per heavy atom. The molecule has 0 aliphatic carbocycles. The van der Waals surface area contributed by atoms with Gasteiger partial charge in [-0.05, 0) is 37.1 Å². The number of nitriles is 1. The smallest absolute Gasteiger partial charge is 0.341 e. The van der Waals surface area contributed by atoms with Gasteiger partial charge in [0.05, 0.1) is 28.7 Å². The van der Waals surface area contributed by atoms with E-state index in [0.29, 0.717) is 16.4 Å². The average molecular weight is 457 g/mol. The van der Waals surface area contributed by atoms with Gasteiger partial charge in [0.15, 0.2) is 6.61 Å². The number of carbonyl (C=O) groups is 2. The van der Waals surface area contributed by atoms with Gasteiger partial charge in [0.25, 0.3) is 11.6 Å². The molecule has 0 unspecified atom stereocenters. The number of carbonyl (C=O) groups excluding carboxylic acids is 2. The van der Waals surface area contributed by atoms with Crippen molar-refractivity contribution >= 4 is 40.5 Å². The zero-order valence-corrected chi connectivity index (χ0v) is 18.0. The maximum absolute atomic E-state index is 12.8. The molecule has 10 heteroatoms. The van der Waals surface area contributed by atoms with Gasteiger partial charge in [-0.3, -0.25) is 14.9 Å². The second kappa shape index (κ2) is 10.6. The molecule has 1 fully saturated rings. The van der Waals surface area contributed by atoms with Crippen molar-refractivity contribution in [3.8, 4) is 6.07 Å². The molecule has 0 atom stereocenters. The van der Waals surface area contributed by atoms with Gasteiger partial charge in [0.2, 0.25) is 0 Å². The van der Waals surface area contributed by atoms with Gasteiger partial charge >= 0.3 is 5.97 Å². The van der Waals surface area contributed by atoms with Crippen LogP contribution in [0, 0.1) is 21.4 Å². The Balaban J connectivity index is 1.78. The summed E-state index contributed by atoms with van der Waals surface area (Å²) < 4.78 is 5.24. The third-order valence-electron chi connectivity index (χ3n) is 5.05. The third-order valence-corrected chi connectivity index (χ3v) is 5.29. The van der Waals surface area contributed by atoms with E-state index in [-0.39, 0.29) is 24.2 Å². The summed E-state index contributed by atoms with van der Waals surface area (Å²) in [5.74, 6) is -1.36. The van der Waals surface area contributed by atoms with Crippen molar-refractivity contribution in [3.05, 3.63) is 63.2 Å². The number of halogens is 1. The van der Waals surface area contributed by atoms with Crippen molar-refractivity contribution in [2.75, 3.05) is 36.0 Å². The molecule has 166 valence electrons. The fourth-order valence-electron chi connectivity index (χ4n) is 3.52. The number of nitrogens with zero attached hydrogens (tertiary/aromatic N) is 4. The standard InChI is InChI=1S/C22H21ClN4O5/c23-16-5-3-6-17(13-16)26(12-4-9-24)21(28)15-32-22(29)19-14-18(27(30)31)7-8-20(19)25-10-1-2-11-25/h3,5-8,13-14H,1-2,4,10-12,15H2. The maximum atomic E-state index is 12.8. The van der Waals surface area contributed by atoms with Gasteiger partial charge in [0, 0.05) is 42.5 Å². The van der Waals surface area contributed by atoms with Crippen molar-refractivity contribution in [3.63, 3.8) is 0 Å². The van der Waals surface area contributed by atoms with Crippen LogP contribution in [-0.4, -0.2) is 43.0 Å². The first-order valence-corrected chi connectivity index (χ1v) is 10.4. The second-order valence-corrected chi connectivity index (χ2v) is 7.60. The SMILES string of the molecule is N#CCCN(C(=O)COC(=O)c1cc([N+](=O)[O-])ccc1N1CCCC1)c1cccc(Cl)c1. The number of nitro benzene ring substituents is 1. The number of non-ortho nitro benzene ring substituents is 1. The molecule has 1 amide bonds. The van der Waals surface area contributed by atoms with Gasteiger partial charge in [-0.15, -0.1) is 0 Å². The number of benzene rings is 2. The van der Waals surface area contributed by atoms with Crippen LogP contribution in [0.25, 0.3) is 0 Å². The number of rotatable bonds is 8. The molecule has 9 nitrogen and oxygen atoms in total. The summed E-state index contributed by atoms with van der Waals surface area (Å²) >= 11 is 6.01. The fourth-order valence-corrected chi connectivity index (χ4v) is 3.71. The lowest BCUT2D eigenvalue weighted by Crippen LogP contribution is -2.35. The zero-order valence-electron chi connectivity index (χ0n) is 17.2. The number of hydrogen-bond acceptors (Lipinski definition) is 7. The molecule has 0 radical (unpaired) electrons. The normalized spacial score (nSPS) is 12.8. The van der Waals surface area contributed by atoms with Gasteiger partial charge in [0.1, 0.15) is 0 Å². The van der Waals surface area contributed by atoms with Gasteiger partial charge in [-0.1, -0.05) is 17.7 Å². The molecule has 1 aliphatic rings. The number of hydrogen-bond donors (Lipinski definition) is 0. The molecule has 0 saturated carbocycles. The molecule has 2 aromatic carbocycles. The molecule has 0 spiro atoms. The van der Waals surface area contributed by atoms with Crippen molar-refractivity contribution < 1.29 is 19.2 Å². The highest BCUT2D eigenvalue weighted by Crippen LogP contribution is 2.29. The summed E-state index contributed by atoms with van der Waals surface area (Å²) in [6.07, 6.45) is 1.99. The molecule has 3 rings (SSSR count). The van der Waals surface area contributed by atoms with Crippen LogP contribution in [0.15, 0.2) is 42.5 Å².